The number of pyridine rings is 1. The SMILES string of the molecule is O=c1c(-c2cc(-c3ccccc3)n(-c3ccccc3)n2)c(O)c2ccccc2n1-c1ccccc1. The number of nitrogens with zero attached hydrogens (tertiary/aromatic N) is 3. The summed E-state index contributed by atoms with van der Waals surface area (Å²) >= 11 is 0. The monoisotopic (exact) mass is 455 g/mol. The van der Waals surface area contributed by atoms with E-state index in [1.54, 1.807) is 4.57 Å². The first-order valence-corrected chi connectivity index (χ1v) is 11.4. The molecule has 0 amide bonds. The molecular weight excluding hydrogens is 434 g/mol. The van der Waals surface area contributed by atoms with Gasteiger partial charge in [-0.25, -0.2) is 4.68 Å². The van der Waals surface area contributed by atoms with Crippen LogP contribution in [-0.4, -0.2) is 19.5 Å². The third-order valence-electron chi connectivity index (χ3n) is 6.10. The van der Waals surface area contributed by atoms with Crippen LogP contribution in [0, 0.1) is 0 Å². The van der Waals surface area contributed by atoms with Gasteiger partial charge in [0.1, 0.15) is 17.0 Å². The Morgan fingerprint density at radius 2 is 1.23 bits per heavy atom. The van der Waals surface area contributed by atoms with Crippen molar-refractivity contribution in [2.24, 2.45) is 0 Å². The summed E-state index contributed by atoms with van der Waals surface area (Å²) in [6, 6.07) is 38.3. The van der Waals surface area contributed by atoms with Gasteiger partial charge in [0.05, 0.1) is 16.9 Å². The van der Waals surface area contributed by atoms with Gasteiger partial charge in [0.15, 0.2) is 0 Å². The minimum atomic E-state index is -0.329. The van der Waals surface area contributed by atoms with E-state index in [-0.39, 0.29) is 16.9 Å². The highest BCUT2D eigenvalue weighted by molar-refractivity contribution is 5.93. The fraction of sp³-hybridized carbons (Fsp3) is 0. The largest absolute Gasteiger partial charge is 0.506 e. The van der Waals surface area contributed by atoms with Gasteiger partial charge in [-0.3, -0.25) is 9.36 Å². The zero-order chi connectivity index (χ0) is 23.8. The van der Waals surface area contributed by atoms with Crippen molar-refractivity contribution in [2.45, 2.75) is 0 Å². The van der Waals surface area contributed by atoms with Crippen LogP contribution < -0.4 is 5.56 Å². The van der Waals surface area contributed by atoms with Crippen molar-refractivity contribution in [3.8, 4) is 39.6 Å². The van der Waals surface area contributed by atoms with E-state index in [9.17, 15) is 9.90 Å². The van der Waals surface area contributed by atoms with E-state index in [2.05, 4.69) is 0 Å². The summed E-state index contributed by atoms with van der Waals surface area (Å²) in [5.41, 5.74) is 4.25. The molecule has 0 aliphatic carbocycles. The minimum absolute atomic E-state index is 0.0740. The molecule has 2 aromatic heterocycles. The molecule has 6 rings (SSSR count). The molecule has 0 saturated carbocycles. The van der Waals surface area contributed by atoms with Gasteiger partial charge in [-0.1, -0.05) is 78.9 Å². The molecule has 5 heteroatoms. The average Bonchev–Trinajstić information content (AvgIpc) is 3.35. The van der Waals surface area contributed by atoms with E-state index in [1.807, 2.05) is 126 Å². The molecule has 0 radical (unpaired) electrons. The first-order chi connectivity index (χ1) is 17.2. The van der Waals surface area contributed by atoms with Crippen LogP contribution in [-0.2, 0) is 0 Å². The molecule has 35 heavy (non-hydrogen) atoms. The fourth-order valence-electron chi connectivity index (χ4n) is 4.47. The van der Waals surface area contributed by atoms with Gasteiger partial charge < -0.3 is 5.11 Å². The topological polar surface area (TPSA) is 60.1 Å². The van der Waals surface area contributed by atoms with Crippen LogP contribution in [0.15, 0.2) is 126 Å². The second-order valence-corrected chi connectivity index (χ2v) is 8.25. The van der Waals surface area contributed by atoms with Crippen LogP contribution in [0.25, 0.3) is 44.8 Å². The lowest BCUT2D eigenvalue weighted by atomic mass is 10.1. The molecule has 0 saturated heterocycles. The lowest BCUT2D eigenvalue weighted by Gasteiger charge is -2.14. The van der Waals surface area contributed by atoms with Crippen LogP contribution in [0.1, 0.15) is 0 Å². The molecule has 0 aliphatic heterocycles. The van der Waals surface area contributed by atoms with Gasteiger partial charge in [-0.2, -0.15) is 5.10 Å². The summed E-state index contributed by atoms with van der Waals surface area (Å²) in [5, 5.41) is 16.8. The predicted octanol–water partition coefficient (Wildman–Crippen LogP) is 6.22. The maximum Gasteiger partial charge on any atom is 0.268 e. The number of aromatic nitrogens is 3. The van der Waals surface area contributed by atoms with E-state index in [0.29, 0.717) is 16.6 Å². The van der Waals surface area contributed by atoms with Crippen molar-refractivity contribution in [2.75, 3.05) is 0 Å². The van der Waals surface area contributed by atoms with Gasteiger partial charge >= 0.3 is 0 Å². The van der Waals surface area contributed by atoms with E-state index in [4.69, 9.17) is 5.10 Å². The van der Waals surface area contributed by atoms with E-state index in [0.717, 1.165) is 22.6 Å². The fourth-order valence-corrected chi connectivity index (χ4v) is 4.47. The summed E-state index contributed by atoms with van der Waals surface area (Å²) in [4.78, 5) is 14.0. The Kier molecular flexibility index (Phi) is 5.00. The van der Waals surface area contributed by atoms with Crippen LogP contribution in [0.4, 0.5) is 0 Å². The number of aromatic hydroxyl groups is 1. The molecule has 0 aliphatic rings. The molecule has 0 bridgehead atoms. The highest BCUT2D eigenvalue weighted by Gasteiger charge is 2.23. The van der Waals surface area contributed by atoms with Gasteiger partial charge in [-0.05, 0) is 42.5 Å². The molecule has 0 atom stereocenters. The smallest absolute Gasteiger partial charge is 0.268 e. The van der Waals surface area contributed by atoms with Crippen molar-refractivity contribution in [3.63, 3.8) is 0 Å². The molecule has 6 aromatic rings. The van der Waals surface area contributed by atoms with E-state index in [1.165, 1.54) is 0 Å². The zero-order valence-corrected chi connectivity index (χ0v) is 18.7. The first-order valence-electron chi connectivity index (χ1n) is 11.4. The van der Waals surface area contributed by atoms with Crippen LogP contribution in [0.2, 0.25) is 0 Å². The average molecular weight is 456 g/mol. The zero-order valence-electron chi connectivity index (χ0n) is 18.7. The number of hydrogen-bond donors (Lipinski definition) is 1. The van der Waals surface area contributed by atoms with Gasteiger partial charge in [0.2, 0.25) is 0 Å². The molecular formula is C30H21N3O2. The normalized spacial score (nSPS) is 11.1. The summed E-state index contributed by atoms with van der Waals surface area (Å²) in [7, 11) is 0. The first kappa shape index (κ1) is 20.7. The van der Waals surface area contributed by atoms with Crippen molar-refractivity contribution in [1.82, 2.24) is 14.3 Å². The van der Waals surface area contributed by atoms with Crippen molar-refractivity contribution < 1.29 is 5.11 Å². The molecule has 0 unspecified atom stereocenters. The molecule has 5 nitrogen and oxygen atoms in total. The Hall–Kier alpha value is -4.90. The number of hydrogen-bond acceptors (Lipinski definition) is 3. The third kappa shape index (κ3) is 3.50. The number of fused-ring (bicyclic) bond motifs is 1. The Morgan fingerprint density at radius 3 is 1.91 bits per heavy atom. The van der Waals surface area contributed by atoms with E-state index < -0.39 is 0 Å². The molecule has 1 N–H and O–H groups in total. The van der Waals surface area contributed by atoms with Crippen molar-refractivity contribution in [1.29, 1.82) is 0 Å². The predicted molar refractivity (Wildman–Crippen MR) is 139 cm³/mol. The third-order valence-corrected chi connectivity index (χ3v) is 6.10. The van der Waals surface area contributed by atoms with Gasteiger partial charge in [0.25, 0.3) is 5.56 Å². The number of rotatable bonds is 4. The van der Waals surface area contributed by atoms with Crippen LogP contribution >= 0.6 is 0 Å². The lowest BCUT2D eigenvalue weighted by Crippen LogP contribution is -2.21. The Balaban J connectivity index is 1.68. The van der Waals surface area contributed by atoms with Crippen LogP contribution in [0.5, 0.6) is 5.75 Å². The highest BCUT2D eigenvalue weighted by atomic mass is 16.3. The highest BCUT2D eigenvalue weighted by Crippen LogP contribution is 2.36. The molecule has 0 fully saturated rings. The molecule has 2 heterocycles. The maximum absolute atomic E-state index is 14.0. The second kappa shape index (κ2) is 8.47. The second-order valence-electron chi connectivity index (χ2n) is 8.25. The van der Waals surface area contributed by atoms with Gasteiger partial charge in [0, 0.05) is 16.6 Å². The molecule has 4 aromatic carbocycles. The lowest BCUT2D eigenvalue weighted by molar-refractivity contribution is 0.482. The summed E-state index contributed by atoms with van der Waals surface area (Å²) in [6.45, 7) is 0. The number of para-hydroxylation sites is 3. The number of benzene rings is 4. The van der Waals surface area contributed by atoms with Gasteiger partial charge in [-0.15, -0.1) is 0 Å². The Labute approximate surface area is 201 Å². The van der Waals surface area contributed by atoms with Crippen LogP contribution in [0.3, 0.4) is 0 Å². The summed E-state index contributed by atoms with van der Waals surface area (Å²) in [5.74, 6) is -0.0740. The summed E-state index contributed by atoms with van der Waals surface area (Å²) in [6.07, 6.45) is 0. The minimum Gasteiger partial charge on any atom is -0.506 e. The standard InChI is InChI=1S/C30H21N3O2/c34-29-24-18-10-11-19-26(24)32(22-14-6-2-7-15-22)30(35)28(29)25-20-27(21-12-4-1-5-13-21)33(31-25)23-16-8-3-9-17-23/h1-20,34H. The Bertz CT molecular complexity index is 1650. The quantitative estimate of drug-likeness (QED) is 0.343. The Morgan fingerprint density at radius 1 is 0.657 bits per heavy atom. The summed E-state index contributed by atoms with van der Waals surface area (Å²) < 4.78 is 3.44. The molecule has 0 spiro atoms. The van der Waals surface area contributed by atoms with Crippen molar-refractivity contribution in [3.05, 3.63) is 132 Å². The van der Waals surface area contributed by atoms with Crippen molar-refractivity contribution >= 4 is 10.9 Å². The maximum atomic E-state index is 14.0. The van der Waals surface area contributed by atoms with E-state index >= 15 is 0 Å². The molecule has 168 valence electrons.